The molecule has 6 nitrogen and oxygen atoms in total. The first-order valence-corrected chi connectivity index (χ1v) is 12.2. The van der Waals surface area contributed by atoms with Crippen molar-refractivity contribution in [1.29, 1.82) is 0 Å². The van der Waals surface area contributed by atoms with Crippen LogP contribution in [0.5, 0.6) is 17.2 Å². The molecule has 1 heterocycles. The van der Waals surface area contributed by atoms with Gasteiger partial charge >= 0.3 is 0 Å². The van der Waals surface area contributed by atoms with Gasteiger partial charge in [0.15, 0.2) is 11.5 Å². The maximum atomic E-state index is 13.7. The van der Waals surface area contributed by atoms with Crippen molar-refractivity contribution in [2.75, 3.05) is 13.9 Å². The molecule has 0 aliphatic carbocycles. The fourth-order valence-corrected chi connectivity index (χ4v) is 5.10. The van der Waals surface area contributed by atoms with Crippen LogP contribution in [0.4, 0.5) is 0 Å². The molecule has 33 heavy (non-hydrogen) atoms. The Kier molecular flexibility index (Phi) is 6.36. The zero-order chi connectivity index (χ0) is 23.6. The summed E-state index contributed by atoms with van der Waals surface area (Å²) in [4.78, 5) is 0.268. The van der Waals surface area contributed by atoms with Crippen molar-refractivity contribution in [3.8, 4) is 17.2 Å². The standard InChI is InChI=1S/C26H29NO5S/c1-26(2,3)21-8-12-23(13-9-21)33(28,29)27(16-19-5-10-22(30-4)11-6-19)17-20-7-14-24-25(15-20)32-18-31-24/h5-15H,16-18H2,1-4H3. The zero-order valence-electron chi connectivity index (χ0n) is 19.4. The van der Waals surface area contributed by atoms with E-state index in [4.69, 9.17) is 14.2 Å². The minimum absolute atomic E-state index is 0.0580. The van der Waals surface area contributed by atoms with Crippen molar-refractivity contribution in [2.45, 2.75) is 44.2 Å². The van der Waals surface area contributed by atoms with E-state index >= 15 is 0 Å². The first-order valence-electron chi connectivity index (χ1n) is 10.8. The molecule has 0 spiro atoms. The Morgan fingerprint density at radius 1 is 0.848 bits per heavy atom. The SMILES string of the molecule is COc1ccc(CN(Cc2ccc3c(c2)OCO3)S(=O)(=O)c2ccc(C(C)(C)C)cc2)cc1. The van der Waals surface area contributed by atoms with Crippen molar-refractivity contribution < 1.29 is 22.6 Å². The van der Waals surface area contributed by atoms with Gasteiger partial charge in [-0.05, 0) is 58.5 Å². The van der Waals surface area contributed by atoms with Crippen LogP contribution in [0.15, 0.2) is 71.6 Å². The van der Waals surface area contributed by atoms with Crippen LogP contribution in [0.3, 0.4) is 0 Å². The number of fused-ring (bicyclic) bond motifs is 1. The molecule has 4 rings (SSSR count). The number of rotatable bonds is 7. The van der Waals surface area contributed by atoms with Crippen LogP contribution in [-0.4, -0.2) is 26.6 Å². The van der Waals surface area contributed by atoms with E-state index in [2.05, 4.69) is 20.8 Å². The van der Waals surface area contributed by atoms with Crippen molar-refractivity contribution in [1.82, 2.24) is 4.31 Å². The molecule has 0 saturated carbocycles. The number of benzene rings is 3. The van der Waals surface area contributed by atoms with Gasteiger partial charge in [-0.3, -0.25) is 0 Å². The summed E-state index contributed by atoms with van der Waals surface area (Å²) < 4.78 is 45.0. The third-order valence-corrected chi connectivity index (χ3v) is 7.48. The number of ether oxygens (including phenoxy) is 3. The van der Waals surface area contributed by atoms with Crippen molar-refractivity contribution in [3.63, 3.8) is 0 Å². The Morgan fingerprint density at radius 2 is 1.45 bits per heavy atom. The predicted molar refractivity (Wildman–Crippen MR) is 127 cm³/mol. The lowest BCUT2D eigenvalue weighted by molar-refractivity contribution is 0.174. The van der Waals surface area contributed by atoms with Crippen LogP contribution < -0.4 is 14.2 Å². The summed E-state index contributed by atoms with van der Waals surface area (Å²) in [5.41, 5.74) is 2.71. The Balaban J connectivity index is 1.67. The van der Waals surface area contributed by atoms with Crippen LogP contribution >= 0.6 is 0 Å². The lowest BCUT2D eigenvalue weighted by atomic mass is 9.87. The highest BCUT2D eigenvalue weighted by Crippen LogP contribution is 2.34. The number of hydrogen-bond acceptors (Lipinski definition) is 5. The lowest BCUT2D eigenvalue weighted by Crippen LogP contribution is -2.30. The van der Waals surface area contributed by atoms with E-state index < -0.39 is 10.0 Å². The third-order valence-electron chi connectivity index (χ3n) is 5.67. The lowest BCUT2D eigenvalue weighted by Gasteiger charge is -2.24. The number of sulfonamides is 1. The summed E-state index contributed by atoms with van der Waals surface area (Å²) in [6.45, 7) is 6.91. The van der Waals surface area contributed by atoms with Crippen LogP contribution in [0.2, 0.25) is 0 Å². The van der Waals surface area contributed by atoms with E-state index in [0.29, 0.717) is 11.5 Å². The molecule has 0 aromatic heterocycles. The molecule has 0 bridgehead atoms. The molecule has 0 unspecified atom stereocenters. The van der Waals surface area contributed by atoms with Crippen LogP contribution in [0, 0.1) is 0 Å². The normalized spacial score (nSPS) is 13.4. The Bertz CT molecular complexity index is 1210. The first-order chi connectivity index (χ1) is 15.7. The molecule has 3 aromatic carbocycles. The summed E-state index contributed by atoms with van der Waals surface area (Å²) in [5.74, 6) is 2.02. The number of hydrogen-bond donors (Lipinski definition) is 0. The van der Waals surface area contributed by atoms with E-state index in [1.165, 1.54) is 4.31 Å². The third kappa shape index (κ3) is 5.15. The van der Waals surface area contributed by atoms with Crippen molar-refractivity contribution in [3.05, 3.63) is 83.4 Å². The average Bonchev–Trinajstić information content (AvgIpc) is 3.26. The highest BCUT2D eigenvalue weighted by Gasteiger charge is 2.26. The first kappa shape index (κ1) is 23.1. The molecule has 0 saturated heterocycles. The molecule has 174 valence electrons. The summed E-state index contributed by atoms with van der Waals surface area (Å²) in [6, 6.07) is 20.1. The summed E-state index contributed by atoms with van der Waals surface area (Å²) in [7, 11) is -2.16. The Labute approximate surface area is 195 Å². The minimum atomic E-state index is -3.76. The zero-order valence-corrected chi connectivity index (χ0v) is 20.2. The minimum Gasteiger partial charge on any atom is -0.497 e. The Hall–Kier alpha value is -3.03. The van der Waals surface area contributed by atoms with Gasteiger partial charge in [-0.25, -0.2) is 8.42 Å². The summed E-state index contributed by atoms with van der Waals surface area (Å²) in [6.07, 6.45) is 0. The topological polar surface area (TPSA) is 65.1 Å². The van der Waals surface area contributed by atoms with Gasteiger partial charge in [0.25, 0.3) is 0 Å². The average molecular weight is 468 g/mol. The molecule has 0 amide bonds. The highest BCUT2D eigenvalue weighted by molar-refractivity contribution is 7.89. The maximum Gasteiger partial charge on any atom is 0.243 e. The number of nitrogens with zero attached hydrogens (tertiary/aromatic N) is 1. The molecule has 0 atom stereocenters. The summed E-state index contributed by atoms with van der Waals surface area (Å²) in [5, 5.41) is 0. The van der Waals surface area contributed by atoms with Crippen LogP contribution in [0.1, 0.15) is 37.5 Å². The van der Waals surface area contributed by atoms with Gasteiger partial charge in [-0.2, -0.15) is 4.31 Å². The van der Waals surface area contributed by atoms with Crippen LogP contribution in [-0.2, 0) is 28.5 Å². The molecule has 1 aliphatic rings. The van der Waals surface area contributed by atoms with Crippen LogP contribution in [0.25, 0.3) is 0 Å². The smallest absolute Gasteiger partial charge is 0.243 e. The van der Waals surface area contributed by atoms with Gasteiger partial charge < -0.3 is 14.2 Å². The van der Waals surface area contributed by atoms with E-state index in [-0.39, 0.29) is 30.2 Å². The quantitative estimate of drug-likeness (QED) is 0.483. The molecule has 0 fully saturated rings. The fraction of sp³-hybridized carbons (Fsp3) is 0.308. The summed E-state index contributed by atoms with van der Waals surface area (Å²) >= 11 is 0. The molecular weight excluding hydrogens is 438 g/mol. The van der Waals surface area contributed by atoms with E-state index in [0.717, 1.165) is 22.4 Å². The second kappa shape index (κ2) is 9.08. The molecular formula is C26H29NO5S. The van der Waals surface area contributed by atoms with Crippen molar-refractivity contribution >= 4 is 10.0 Å². The fourth-order valence-electron chi connectivity index (χ4n) is 3.68. The molecule has 0 N–H and O–H groups in total. The molecule has 1 aliphatic heterocycles. The molecule has 0 radical (unpaired) electrons. The Morgan fingerprint density at radius 3 is 2.09 bits per heavy atom. The van der Waals surface area contributed by atoms with E-state index in [1.54, 1.807) is 19.2 Å². The second-order valence-corrected chi connectivity index (χ2v) is 11.0. The largest absolute Gasteiger partial charge is 0.497 e. The van der Waals surface area contributed by atoms with E-state index in [1.807, 2.05) is 54.6 Å². The monoisotopic (exact) mass is 467 g/mol. The predicted octanol–water partition coefficient (Wildman–Crippen LogP) is 5.11. The maximum absolute atomic E-state index is 13.7. The molecule has 3 aromatic rings. The van der Waals surface area contributed by atoms with Crippen molar-refractivity contribution in [2.24, 2.45) is 0 Å². The molecule has 7 heteroatoms. The van der Waals surface area contributed by atoms with Gasteiger partial charge in [-0.15, -0.1) is 0 Å². The number of methoxy groups -OCH3 is 1. The second-order valence-electron chi connectivity index (χ2n) is 9.08. The highest BCUT2D eigenvalue weighted by atomic mass is 32.2. The van der Waals surface area contributed by atoms with Gasteiger partial charge in [0.05, 0.1) is 12.0 Å². The van der Waals surface area contributed by atoms with Gasteiger partial charge in [0.2, 0.25) is 16.8 Å². The van der Waals surface area contributed by atoms with Gasteiger partial charge in [0, 0.05) is 13.1 Å². The van der Waals surface area contributed by atoms with Gasteiger partial charge in [-0.1, -0.05) is 51.1 Å². The van der Waals surface area contributed by atoms with E-state index in [9.17, 15) is 8.42 Å². The van der Waals surface area contributed by atoms with Gasteiger partial charge in [0.1, 0.15) is 5.75 Å².